The third-order valence-electron chi connectivity index (χ3n) is 3.99. The van der Waals surface area contributed by atoms with E-state index >= 15 is 0 Å². The van der Waals surface area contributed by atoms with E-state index in [0.29, 0.717) is 11.0 Å². The Morgan fingerprint density at radius 1 is 1.21 bits per heavy atom. The Kier molecular flexibility index (Phi) is 6.18. The van der Waals surface area contributed by atoms with Crippen molar-refractivity contribution in [1.29, 1.82) is 0 Å². The summed E-state index contributed by atoms with van der Waals surface area (Å²) in [4.78, 5) is 16.8. The molecule has 0 spiro atoms. The minimum Gasteiger partial charge on any atom is -0.324 e. The second-order valence-electron chi connectivity index (χ2n) is 6.27. The van der Waals surface area contributed by atoms with Crippen LogP contribution in [0, 0.1) is 6.92 Å². The maximum atomic E-state index is 12.9. The van der Waals surface area contributed by atoms with Crippen LogP contribution in [0.5, 0.6) is 0 Å². The number of halogens is 4. The van der Waals surface area contributed by atoms with Gasteiger partial charge >= 0.3 is 6.18 Å². The number of aryl methyl sites for hydroxylation is 1. The summed E-state index contributed by atoms with van der Waals surface area (Å²) in [6, 6.07) is 10.4. The van der Waals surface area contributed by atoms with Gasteiger partial charge in [-0.3, -0.25) is 9.89 Å². The van der Waals surface area contributed by atoms with E-state index in [2.05, 4.69) is 20.5 Å². The molecule has 0 saturated carbocycles. The minimum atomic E-state index is -4.53. The summed E-state index contributed by atoms with van der Waals surface area (Å²) in [7, 11) is 0. The van der Waals surface area contributed by atoms with Gasteiger partial charge in [-0.1, -0.05) is 53.2 Å². The smallest absolute Gasteiger partial charge is 0.324 e. The van der Waals surface area contributed by atoms with Crippen LogP contribution in [0.4, 0.5) is 18.9 Å². The van der Waals surface area contributed by atoms with Crippen molar-refractivity contribution in [2.75, 3.05) is 5.32 Å². The van der Waals surface area contributed by atoms with Crippen LogP contribution in [0.3, 0.4) is 0 Å². The first-order valence-corrected chi connectivity index (χ1v) is 9.73. The Morgan fingerprint density at radius 2 is 1.90 bits per heavy atom. The number of anilines is 1. The third kappa shape index (κ3) is 5.30. The van der Waals surface area contributed by atoms with Crippen molar-refractivity contribution in [3.8, 4) is 11.4 Å². The molecule has 2 N–H and O–H groups in total. The molecule has 1 atom stereocenters. The number of carbonyl (C=O) groups is 1. The molecule has 0 fully saturated rings. The van der Waals surface area contributed by atoms with Crippen LogP contribution in [-0.2, 0) is 11.0 Å². The topological polar surface area (TPSA) is 70.7 Å². The largest absolute Gasteiger partial charge is 0.416 e. The van der Waals surface area contributed by atoms with E-state index in [4.69, 9.17) is 11.6 Å². The molecule has 2 aromatic carbocycles. The standard InChI is InChI=1S/C19H16ClF3N4OS/c1-10-3-5-12(6-4-10)16-25-18(27-26-16)29-11(2)17(28)24-15-9-13(19(21,22)23)7-8-14(15)20/h3-9,11H,1-2H3,(H,24,28)(H,25,26,27). The molecule has 29 heavy (non-hydrogen) atoms. The average molecular weight is 441 g/mol. The number of rotatable bonds is 5. The molecule has 0 aliphatic heterocycles. The number of H-pyrrole nitrogens is 1. The molecular formula is C19H16ClF3N4OS. The van der Waals surface area contributed by atoms with Crippen LogP contribution in [-0.4, -0.2) is 26.3 Å². The van der Waals surface area contributed by atoms with Crippen molar-refractivity contribution in [2.24, 2.45) is 0 Å². The number of benzene rings is 2. The first-order valence-electron chi connectivity index (χ1n) is 8.47. The lowest BCUT2D eigenvalue weighted by Crippen LogP contribution is -2.23. The predicted molar refractivity (Wildman–Crippen MR) is 107 cm³/mol. The minimum absolute atomic E-state index is 0.0168. The number of hydrogen-bond acceptors (Lipinski definition) is 4. The average Bonchev–Trinajstić information content (AvgIpc) is 3.11. The van der Waals surface area contributed by atoms with Crippen LogP contribution in [0.25, 0.3) is 11.4 Å². The number of nitrogens with one attached hydrogen (secondary N) is 2. The number of thioether (sulfide) groups is 1. The van der Waals surface area contributed by atoms with Gasteiger partial charge in [-0.25, -0.2) is 4.98 Å². The van der Waals surface area contributed by atoms with Gasteiger partial charge in [0.1, 0.15) is 0 Å². The van der Waals surface area contributed by atoms with Crippen LogP contribution in [0.2, 0.25) is 5.02 Å². The summed E-state index contributed by atoms with van der Waals surface area (Å²) in [5.74, 6) is 0.0407. The number of aromatic amines is 1. The van der Waals surface area contributed by atoms with Crippen molar-refractivity contribution < 1.29 is 18.0 Å². The van der Waals surface area contributed by atoms with Gasteiger partial charge in [0.15, 0.2) is 5.82 Å². The van der Waals surface area contributed by atoms with Crippen molar-refractivity contribution in [3.05, 3.63) is 58.6 Å². The second-order valence-corrected chi connectivity index (χ2v) is 7.99. The van der Waals surface area contributed by atoms with E-state index in [9.17, 15) is 18.0 Å². The van der Waals surface area contributed by atoms with Gasteiger partial charge in [0.25, 0.3) is 0 Å². The lowest BCUT2D eigenvalue weighted by molar-refractivity contribution is -0.137. The molecule has 0 bridgehead atoms. The Bertz CT molecular complexity index is 1020. The van der Waals surface area contributed by atoms with Crippen molar-refractivity contribution in [3.63, 3.8) is 0 Å². The number of alkyl halides is 3. The lowest BCUT2D eigenvalue weighted by atomic mass is 10.1. The second kappa shape index (κ2) is 8.46. The maximum Gasteiger partial charge on any atom is 0.416 e. The number of carbonyl (C=O) groups excluding carboxylic acids is 1. The third-order valence-corrected chi connectivity index (χ3v) is 5.28. The number of amides is 1. The Balaban J connectivity index is 1.68. The highest BCUT2D eigenvalue weighted by Crippen LogP contribution is 2.34. The summed E-state index contributed by atoms with van der Waals surface area (Å²) in [6.45, 7) is 3.58. The normalized spacial score (nSPS) is 12.6. The molecule has 0 aliphatic carbocycles. The zero-order chi connectivity index (χ0) is 21.2. The highest BCUT2D eigenvalue weighted by Gasteiger charge is 2.31. The molecule has 3 aromatic rings. The summed E-state index contributed by atoms with van der Waals surface area (Å²) in [5.41, 5.74) is 0.965. The van der Waals surface area contributed by atoms with Crippen LogP contribution in [0.1, 0.15) is 18.1 Å². The quantitative estimate of drug-likeness (QED) is 0.509. The molecule has 1 aromatic heterocycles. The fourth-order valence-electron chi connectivity index (χ4n) is 2.38. The number of nitrogens with zero attached hydrogens (tertiary/aromatic N) is 2. The SMILES string of the molecule is Cc1ccc(-c2nc(SC(C)C(=O)Nc3cc(C(F)(F)F)ccc3Cl)n[nH]2)cc1. The van der Waals surface area contributed by atoms with Gasteiger partial charge in [0.05, 0.1) is 21.5 Å². The summed E-state index contributed by atoms with van der Waals surface area (Å²) in [5, 5.41) is 9.02. The van der Waals surface area contributed by atoms with E-state index in [-0.39, 0.29) is 10.7 Å². The van der Waals surface area contributed by atoms with E-state index in [1.165, 1.54) is 0 Å². The van der Waals surface area contributed by atoms with Crippen molar-refractivity contribution in [2.45, 2.75) is 30.4 Å². The van der Waals surface area contributed by atoms with Gasteiger partial charge < -0.3 is 5.32 Å². The van der Waals surface area contributed by atoms with Gasteiger partial charge in [0, 0.05) is 5.56 Å². The van der Waals surface area contributed by atoms with Crippen LogP contribution < -0.4 is 5.32 Å². The molecule has 1 heterocycles. The monoisotopic (exact) mass is 440 g/mol. The zero-order valence-electron chi connectivity index (χ0n) is 15.3. The van der Waals surface area contributed by atoms with E-state index < -0.39 is 22.9 Å². The lowest BCUT2D eigenvalue weighted by Gasteiger charge is -2.13. The molecule has 5 nitrogen and oxygen atoms in total. The van der Waals surface area contributed by atoms with Crippen LogP contribution >= 0.6 is 23.4 Å². The predicted octanol–water partition coefficient (Wildman–Crippen LogP) is 5.57. The fraction of sp³-hybridized carbons (Fsp3) is 0.211. The van der Waals surface area contributed by atoms with Gasteiger partial charge in [0.2, 0.25) is 11.1 Å². The van der Waals surface area contributed by atoms with Gasteiger partial charge in [-0.05, 0) is 32.0 Å². The zero-order valence-corrected chi connectivity index (χ0v) is 16.9. The molecule has 1 amide bonds. The van der Waals surface area contributed by atoms with E-state index in [1.54, 1.807) is 6.92 Å². The molecule has 10 heteroatoms. The highest BCUT2D eigenvalue weighted by molar-refractivity contribution is 8.00. The number of aromatic nitrogens is 3. The molecule has 0 radical (unpaired) electrons. The summed E-state index contributed by atoms with van der Waals surface area (Å²) in [6.07, 6.45) is -4.53. The highest BCUT2D eigenvalue weighted by atomic mass is 35.5. The molecule has 0 aliphatic rings. The first-order chi connectivity index (χ1) is 13.6. The van der Waals surface area contributed by atoms with Gasteiger partial charge in [-0.2, -0.15) is 13.2 Å². The number of hydrogen-bond donors (Lipinski definition) is 2. The Labute approximate surface area is 174 Å². The summed E-state index contributed by atoms with van der Waals surface area (Å²) >= 11 is 6.99. The fourth-order valence-corrected chi connectivity index (χ4v) is 3.27. The maximum absolute atomic E-state index is 12.9. The van der Waals surface area contributed by atoms with E-state index in [0.717, 1.165) is 41.1 Å². The molecule has 3 rings (SSSR count). The van der Waals surface area contributed by atoms with Crippen LogP contribution in [0.15, 0.2) is 47.6 Å². The van der Waals surface area contributed by atoms with Gasteiger partial charge in [-0.15, -0.1) is 5.10 Å². The van der Waals surface area contributed by atoms with E-state index in [1.807, 2.05) is 31.2 Å². The molecular weight excluding hydrogens is 425 g/mol. The Hall–Kier alpha value is -2.52. The molecule has 152 valence electrons. The molecule has 1 unspecified atom stereocenters. The van der Waals surface area contributed by atoms with Crippen molar-refractivity contribution in [1.82, 2.24) is 15.2 Å². The summed E-state index contributed by atoms with van der Waals surface area (Å²) < 4.78 is 38.6. The first kappa shape index (κ1) is 21.2. The molecule has 0 saturated heterocycles. The van der Waals surface area contributed by atoms with Crippen molar-refractivity contribution >= 4 is 35.0 Å². The Morgan fingerprint density at radius 3 is 2.55 bits per heavy atom.